The maximum atomic E-state index is 11.6. The molecule has 1 fully saturated rings. The van der Waals surface area contributed by atoms with E-state index in [9.17, 15) is 4.79 Å². The molecule has 0 saturated carbocycles. The fourth-order valence-electron chi connectivity index (χ4n) is 3.52. The first-order valence-electron chi connectivity index (χ1n) is 8.16. The Labute approximate surface area is 139 Å². The van der Waals surface area contributed by atoms with Gasteiger partial charge in [-0.15, -0.1) is 0 Å². The minimum absolute atomic E-state index is 0.186. The molecule has 124 valence electrons. The summed E-state index contributed by atoms with van der Waals surface area (Å²) in [6.45, 7) is 1.52. The zero-order valence-corrected chi connectivity index (χ0v) is 13.6. The third-order valence-corrected chi connectivity index (χ3v) is 4.63. The number of likely N-dealkylation sites (tertiary alicyclic amines) is 1. The number of fused-ring (bicyclic) bond motifs is 1. The SMILES string of the molecule is Cn1cc(CN2CCCC2C(N)=O)c(-c2cc3ccccc3o2)n1. The lowest BCUT2D eigenvalue weighted by molar-refractivity contribution is -0.122. The second-order valence-electron chi connectivity index (χ2n) is 6.36. The van der Waals surface area contributed by atoms with Crippen molar-refractivity contribution >= 4 is 16.9 Å². The van der Waals surface area contributed by atoms with Crippen LogP contribution >= 0.6 is 0 Å². The van der Waals surface area contributed by atoms with Gasteiger partial charge in [0.05, 0.1) is 6.04 Å². The monoisotopic (exact) mass is 324 g/mol. The molecule has 1 aromatic carbocycles. The number of hydrogen-bond donors (Lipinski definition) is 1. The largest absolute Gasteiger partial charge is 0.454 e. The van der Waals surface area contributed by atoms with E-state index in [1.807, 2.05) is 43.6 Å². The highest BCUT2D eigenvalue weighted by Gasteiger charge is 2.30. The van der Waals surface area contributed by atoms with Crippen LogP contribution in [-0.4, -0.2) is 33.2 Å². The maximum absolute atomic E-state index is 11.6. The third kappa shape index (κ3) is 2.59. The molecule has 6 nitrogen and oxygen atoms in total. The maximum Gasteiger partial charge on any atom is 0.234 e. The summed E-state index contributed by atoms with van der Waals surface area (Å²) in [5, 5.41) is 5.62. The summed E-state index contributed by atoms with van der Waals surface area (Å²) in [5.41, 5.74) is 8.24. The number of nitrogens with zero attached hydrogens (tertiary/aromatic N) is 3. The molecular weight excluding hydrogens is 304 g/mol. The number of primary amides is 1. The Kier molecular flexibility index (Phi) is 3.61. The summed E-state index contributed by atoms with van der Waals surface area (Å²) in [7, 11) is 1.89. The van der Waals surface area contributed by atoms with E-state index in [1.165, 1.54) is 0 Å². The number of para-hydroxylation sites is 1. The normalized spacial score (nSPS) is 18.5. The Hall–Kier alpha value is -2.60. The molecule has 0 aliphatic carbocycles. The van der Waals surface area contributed by atoms with E-state index in [0.29, 0.717) is 6.54 Å². The zero-order valence-electron chi connectivity index (χ0n) is 13.6. The van der Waals surface area contributed by atoms with Gasteiger partial charge in [0.25, 0.3) is 0 Å². The highest BCUT2D eigenvalue weighted by molar-refractivity contribution is 5.82. The van der Waals surface area contributed by atoms with Crippen molar-refractivity contribution in [2.75, 3.05) is 6.54 Å². The highest BCUT2D eigenvalue weighted by Crippen LogP contribution is 2.30. The van der Waals surface area contributed by atoms with Crippen LogP contribution in [0.2, 0.25) is 0 Å². The van der Waals surface area contributed by atoms with Gasteiger partial charge < -0.3 is 10.2 Å². The first-order valence-corrected chi connectivity index (χ1v) is 8.16. The average Bonchev–Trinajstić information content (AvgIpc) is 3.25. The molecule has 2 N–H and O–H groups in total. The molecule has 1 unspecified atom stereocenters. The molecular formula is C18H20N4O2. The lowest BCUT2D eigenvalue weighted by Crippen LogP contribution is -2.39. The number of carbonyl (C=O) groups excluding carboxylic acids is 1. The number of benzene rings is 1. The number of hydrogen-bond acceptors (Lipinski definition) is 4. The van der Waals surface area contributed by atoms with Crippen molar-refractivity contribution in [3.8, 4) is 11.5 Å². The van der Waals surface area contributed by atoms with E-state index in [-0.39, 0.29) is 11.9 Å². The number of amides is 1. The zero-order chi connectivity index (χ0) is 16.7. The number of nitrogens with two attached hydrogens (primary N) is 1. The van der Waals surface area contributed by atoms with E-state index in [4.69, 9.17) is 10.2 Å². The summed E-state index contributed by atoms with van der Waals surface area (Å²) in [6, 6.07) is 9.74. The minimum Gasteiger partial charge on any atom is -0.454 e. The van der Waals surface area contributed by atoms with Gasteiger partial charge in [-0.3, -0.25) is 14.4 Å². The summed E-state index contributed by atoms with van der Waals surface area (Å²) in [5.74, 6) is 0.503. The fraction of sp³-hybridized carbons (Fsp3) is 0.333. The van der Waals surface area contributed by atoms with Crippen molar-refractivity contribution in [1.82, 2.24) is 14.7 Å². The fourth-order valence-corrected chi connectivity index (χ4v) is 3.52. The van der Waals surface area contributed by atoms with Crippen LogP contribution < -0.4 is 5.73 Å². The van der Waals surface area contributed by atoms with Gasteiger partial charge in [0.15, 0.2) is 5.76 Å². The standard InChI is InChI=1S/C18H20N4O2/c1-21-10-13(11-22-8-4-6-14(22)18(19)23)17(20-21)16-9-12-5-2-3-7-15(12)24-16/h2-3,5,7,9-10,14H,4,6,8,11H2,1H3,(H2,19,23). The first kappa shape index (κ1) is 15.0. The lowest BCUT2D eigenvalue weighted by Gasteiger charge is -2.21. The Morgan fingerprint density at radius 3 is 3.04 bits per heavy atom. The molecule has 4 rings (SSSR count). The van der Waals surface area contributed by atoms with Crippen LogP contribution in [0.1, 0.15) is 18.4 Å². The van der Waals surface area contributed by atoms with Gasteiger partial charge in [0.1, 0.15) is 11.3 Å². The van der Waals surface area contributed by atoms with Crippen LogP contribution in [0.3, 0.4) is 0 Å². The van der Waals surface area contributed by atoms with E-state index in [0.717, 1.165) is 47.4 Å². The van der Waals surface area contributed by atoms with E-state index < -0.39 is 0 Å². The van der Waals surface area contributed by atoms with Gasteiger partial charge in [-0.05, 0) is 31.5 Å². The van der Waals surface area contributed by atoms with Crippen LogP contribution in [-0.2, 0) is 18.4 Å². The van der Waals surface area contributed by atoms with E-state index >= 15 is 0 Å². The number of aromatic nitrogens is 2. The van der Waals surface area contributed by atoms with Crippen molar-refractivity contribution in [2.24, 2.45) is 12.8 Å². The summed E-state index contributed by atoms with van der Waals surface area (Å²) in [6.07, 6.45) is 3.81. The summed E-state index contributed by atoms with van der Waals surface area (Å²) in [4.78, 5) is 13.8. The third-order valence-electron chi connectivity index (χ3n) is 4.63. The molecule has 0 bridgehead atoms. The molecule has 1 atom stereocenters. The highest BCUT2D eigenvalue weighted by atomic mass is 16.3. The smallest absolute Gasteiger partial charge is 0.234 e. The topological polar surface area (TPSA) is 77.3 Å². The molecule has 0 spiro atoms. The average molecular weight is 324 g/mol. The molecule has 1 saturated heterocycles. The summed E-state index contributed by atoms with van der Waals surface area (Å²) < 4.78 is 7.75. The lowest BCUT2D eigenvalue weighted by atomic mass is 10.1. The number of aryl methyl sites for hydroxylation is 1. The first-order chi connectivity index (χ1) is 11.6. The second kappa shape index (κ2) is 5.79. The molecule has 0 radical (unpaired) electrons. The predicted molar refractivity (Wildman–Crippen MR) is 91.0 cm³/mol. The van der Waals surface area contributed by atoms with Gasteiger partial charge in [0, 0.05) is 30.7 Å². The Morgan fingerprint density at radius 2 is 2.25 bits per heavy atom. The molecule has 1 aliphatic heterocycles. The number of carbonyl (C=O) groups is 1. The second-order valence-corrected chi connectivity index (χ2v) is 6.36. The molecule has 24 heavy (non-hydrogen) atoms. The van der Waals surface area contributed by atoms with Crippen LogP contribution in [0.25, 0.3) is 22.4 Å². The van der Waals surface area contributed by atoms with E-state index in [2.05, 4.69) is 10.00 Å². The molecule has 3 heterocycles. The van der Waals surface area contributed by atoms with Gasteiger partial charge in [-0.2, -0.15) is 5.10 Å². The molecule has 6 heteroatoms. The number of furan rings is 1. The van der Waals surface area contributed by atoms with Crippen LogP contribution in [0.5, 0.6) is 0 Å². The molecule has 3 aromatic rings. The number of rotatable bonds is 4. The molecule has 2 aromatic heterocycles. The Morgan fingerprint density at radius 1 is 1.42 bits per heavy atom. The Balaban J connectivity index is 1.69. The van der Waals surface area contributed by atoms with Gasteiger partial charge in [-0.1, -0.05) is 18.2 Å². The van der Waals surface area contributed by atoms with Crippen molar-refractivity contribution in [3.05, 3.63) is 42.1 Å². The van der Waals surface area contributed by atoms with Gasteiger partial charge in [-0.25, -0.2) is 0 Å². The van der Waals surface area contributed by atoms with Crippen LogP contribution in [0.4, 0.5) is 0 Å². The predicted octanol–water partition coefficient (Wildman–Crippen LogP) is 2.28. The van der Waals surface area contributed by atoms with Crippen molar-refractivity contribution < 1.29 is 9.21 Å². The van der Waals surface area contributed by atoms with Crippen LogP contribution in [0.15, 0.2) is 40.9 Å². The summed E-state index contributed by atoms with van der Waals surface area (Å²) >= 11 is 0. The van der Waals surface area contributed by atoms with Gasteiger partial charge >= 0.3 is 0 Å². The van der Waals surface area contributed by atoms with Crippen LogP contribution in [0, 0.1) is 0 Å². The quantitative estimate of drug-likeness (QED) is 0.799. The van der Waals surface area contributed by atoms with E-state index in [1.54, 1.807) is 4.68 Å². The van der Waals surface area contributed by atoms with Crippen molar-refractivity contribution in [1.29, 1.82) is 0 Å². The molecule has 1 aliphatic rings. The van der Waals surface area contributed by atoms with Crippen molar-refractivity contribution in [2.45, 2.75) is 25.4 Å². The van der Waals surface area contributed by atoms with Gasteiger partial charge in [0.2, 0.25) is 5.91 Å². The Bertz CT molecular complexity index is 862. The minimum atomic E-state index is -0.248. The molecule has 1 amide bonds. The van der Waals surface area contributed by atoms with Crippen molar-refractivity contribution in [3.63, 3.8) is 0 Å².